The molecular weight excluding hydrogens is 394 g/mol. The number of benzene rings is 1. The van der Waals surface area contributed by atoms with Crippen molar-refractivity contribution in [2.75, 3.05) is 7.05 Å². The Bertz CT molecular complexity index is 1130. The first-order valence-corrected chi connectivity index (χ1v) is 8.79. The Morgan fingerprint density at radius 3 is 2.59 bits per heavy atom. The number of aromatic nitrogens is 3. The van der Waals surface area contributed by atoms with E-state index in [2.05, 4.69) is 15.3 Å². The molecule has 140 valence electrons. The number of carbonyl (C=O) groups excluding carboxylic acids is 1. The highest BCUT2D eigenvalue weighted by Gasteiger charge is 2.20. The van der Waals surface area contributed by atoms with Crippen molar-refractivity contribution >= 4 is 40.0 Å². The van der Waals surface area contributed by atoms with Crippen LogP contribution in [-0.4, -0.2) is 27.5 Å². The number of rotatable bonds is 3. The van der Waals surface area contributed by atoms with Gasteiger partial charge in [0.05, 0.1) is 22.1 Å². The van der Waals surface area contributed by atoms with E-state index in [0.717, 1.165) is 6.20 Å². The van der Waals surface area contributed by atoms with Crippen LogP contribution in [0.2, 0.25) is 10.3 Å². The predicted octanol–water partition coefficient (Wildman–Crippen LogP) is 3.84. The van der Waals surface area contributed by atoms with Crippen molar-refractivity contribution in [3.8, 4) is 11.3 Å². The van der Waals surface area contributed by atoms with E-state index in [4.69, 9.17) is 23.2 Å². The average molecular weight is 409 g/mol. The summed E-state index contributed by atoms with van der Waals surface area (Å²) in [5.41, 5.74) is 0.439. The van der Waals surface area contributed by atoms with E-state index in [0.29, 0.717) is 11.1 Å². The second-order valence-corrected chi connectivity index (χ2v) is 6.87. The maximum absolute atomic E-state index is 14.2. The molecule has 27 heavy (non-hydrogen) atoms. The molecule has 3 aromatic rings. The molecule has 9 heteroatoms. The Balaban J connectivity index is 2.45. The lowest BCUT2D eigenvalue weighted by Gasteiger charge is -2.20. The van der Waals surface area contributed by atoms with Gasteiger partial charge in [-0.2, -0.15) is 0 Å². The maximum Gasteiger partial charge on any atom is 0.267 e. The van der Waals surface area contributed by atoms with Crippen molar-refractivity contribution in [1.82, 2.24) is 19.9 Å². The molecule has 0 atom stereocenters. The van der Waals surface area contributed by atoms with Gasteiger partial charge in [0.1, 0.15) is 11.4 Å². The van der Waals surface area contributed by atoms with E-state index in [1.54, 1.807) is 10.6 Å². The lowest BCUT2D eigenvalue weighted by Crippen LogP contribution is -2.27. The second-order valence-electron chi connectivity index (χ2n) is 6.12. The summed E-state index contributed by atoms with van der Waals surface area (Å²) in [6.45, 7) is 3.72. The van der Waals surface area contributed by atoms with Crippen molar-refractivity contribution in [3.63, 3.8) is 0 Å². The first-order chi connectivity index (χ1) is 12.7. The standard InChI is InChI=1S/C18H15Cl2FN4O2/c1-8(2)25-12-5-9(16-11(21)7-23-18(20)24-16)4-10(19)15(12)14(26)6-13(25)17(27)22-3/h4-8H,1-3H3,(H,22,27). The van der Waals surface area contributed by atoms with Crippen LogP contribution in [0.3, 0.4) is 0 Å². The highest BCUT2D eigenvalue weighted by Crippen LogP contribution is 2.31. The van der Waals surface area contributed by atoms with Crippen LogP contribution in [0.1, 0.15) is 30.4 Å². The van der Waals surface area contributed by atoms with Gasteiger partial charge in [0.25, 0.3) is 5.91 Å². The maximum atomic E-state index is 14.2. The van der Waals surface area contributed by atoms with Gasteiger partial charge in [0.15, 0.2) is 11.2 Å². The SMILES string of the molecule is CNC(=O)c1cc(=O)c2c(Cl)cc(-c3nc(Cl)ncc3F)cc2n1C(C)C. The molecule has 2 aromatic heterocycles. The number of halogens is 3. The fourth-order valence-corrected chi connectivity index (χ4v) is 3.41. The molecule has 0 aliphatic heterocycles. The molecule has 0 bridgehead atoms. The van der Waals surface area contributed by atoms with Gasteiger partial charge in [-0.15, -0.1) is 0 Å². The summed E-state index contributed by atoms with van der Waals surface area (Å²) < 4.78 is 15.9. The van der Waals surface area contributed by atoms with Gasteiger partial charge in [-0.3, -0.25) is 9.59 Å². The molecule has 0 unspecified atom stereocenters. The second kappa shape index (κ2) is 7.25. The summed E-state index contributed by atoms with van der Waals surface area (Å²) in [4.78, 5) is 32.4. The highest BCUT2D eigenvalue weighted by atomic mass is 35.5. The molecule has 0 fully saturated rings. The van der Waals surface area contributed by atoms with Crippen LogP contribution in [-0.2, 0) is 0 Å². The van der Waals surface area contributed by atoms with E-state index < -0.39 is 17.2 Å². The van der Waals surface area contributed by atoms with Gasteiger partial charge in [-0.05, 0) is 37.6 Å². The minimum Gasteiger partial charge on any atom is -0.354 e. The van der Waals surface area contributed by atoms with Crippen molar-refractivity contribution in [3.05, 3.63) is 56.4 Å². The molecule has 0 spiro atoms. The van der Waals surface area contributed by atoms with E-state index in [1.165, 1.54) is 19.2 Å². The molecular formula is C18H15Cl2FN4O2. The third-order valence-corrected chi connectivity index (χ3v) is 4.55. The Morgan fingerprint density at radius 1 is 1.26 bits per heavy atom. The van der Waals surface area contributed by atoms with Crippen LogP contribution in [0.4, 0.5) is 4.39 Å². The summed E-state index contributed by atoms with van der Waals surface area (Å²) >= 11 is 12.1. The largest absolute Gasteiger partial charge is 0.354 e. The van der Waals surface area contributed by atoms with Gasteiger partial charge in [0, 0.05) is 24.7 Å². The zero-order valence-electron chi connectivity index (χ0n) is 14.7. The average Bonchev–Trinajstić information content (AvgIpc) is 2.61. The number of nitrogens with one attached hydrogen (secondary N) is 1. The quantitative estimate of drug-likeness (QED) is 0.667. The number of hydrogen-bond donors (Lipinski definition) is 1. The number of nitrogens with zero attached hydrogens (tertiary/aromatic N) is 3. The molecule has 0 aliphatic rings. The van der Waals surface area contributed by atoms with Crippen molar-refractivity contribution in [1.29, 1.82) is 0 Å². The van der Waals surface area contributed by atoms with E-state index in [9.17, 15) is 14.0 Å². The lowest BCUT2D eigenvalue weighted by molar-refractivity contribution is 0.0952. The highest BCUT2D eigenvalue weighted by molar-refractivity contribution is 6.35. The fraction of sp³-hybridized carbons (Fsp3) is 0.222. The Labute approximate surface area is 164 Å². The molecule has 1 N–H and O–H groups in total. The molecule has 6 nitrogen and oxygen atoms in total. The van der Waals surface area contributed by atoms with Gasteiger partial charge in [0.2, 0.25) is 5.28 Å². The van der Waals surface area contributed by atoms with Gasteiger partial charge in [-0.25, -0.2) is 14.4 Å². The van der Waals surface area contributed by atoms with Crippen LogP contribution in [0.5, 0.6) is 0 Å². The normalized spacial score (nSPS) is 11.2. The predicted molar refractivity (Wildman–Crippen MR) is 103 cm³/mol. The summed E-state index contributed by atoms with van der Waals surface area (Å²) in [6, 6.07) is 4.08. The topological polar surface area (TPSA) is 76.9 Å². The summed E-state index contributed by atoms with van der Waals surface area (Å²) in [5, 5.41) is 2.76. The molecule has 0 radical (unpaired) electrons. The summed E-state index contributed by atoms with van der Waals surface area (Å²) in [6.07, 6.45) is 0.958. The molecule has 1 amide bonds. The minimum absolute atomic E-state index is 0.0492. The lowest BCUT2D eigenvalue weighted by atomic mass is 10.1. The van der Waals surface area contributed by atoms with E-state index in [1.807, 2.05) is 13.8 Å². The van der Waals surface area contributed by atoms with Gasteiger partial charge >= 0.3 is 0 Å². The zero-order valence-corrected chi connectivity index (χ0v) is 16.2. The first-order valence-electron chi connectivity index (χ1n) is 8.04. The monoisotopic (exact) mass is 408 g/mol. The molecule has 2 heterocycles. The summed E-state index contributed by atoms with van der Waals surface area (Å²) in [5.74, 6) is -1.10. The molecule has 1 aromatic carbocycles. The van der Waals surface area contributed by atoms with E-state index >= 15 is 0 Å². The fourth-order valence-electron chi connectivity index (χ4n) is 2.97. The number of amides is 1. The summed E-state index contributed by atoms with van der Waals surface area (Å²) in [7, 11) is 1.48. The van der Waals surface area contributed by atoms with Crippen LogP contribution in [0.25, 0.3) is 22.2 Å². The minimum atomic E-state index is -0.685. The number of hydrogen-bond acceptors (Lipinski definition) is 4. The third-order valence-electron chi connectivity index (χ3n) is 4.07. The van der Waals surface area contributed by atoms with Gasteiger partial charge < -0.3 is 9.88 Å². The number of fused-ring (bicyclic) bond motifs is 1. The Hall–Kier alpha value is -2.51. The molecule has 0 saturated carbocycles. The van der Waals surface area contributed by atoms with Crippen LogP contribution in [0.15, 0.2) is 29.2 Å². The Kier molecular flexibility index (Phi) is 5.17. The van der Waals surface area contributed by atoms with Crippen molar-refractivity contribution in [2.45, 2.75) is 19.9 Å². The van der Waals surface area contributed by atoms with Crippen LogP contribution >= 0.6 is 23.2 Å². The molecule has 0 aliphatic carbocycles. The first kappa shape index (κ1) is 19.3. The number of carbonyl (C=O) groups is 1. The molecule has 3 rings (SSSR count). The zero-order chi connectivity index (χ0) is 19.9. The van der Waals surface area contributed by atoms with E-state index in [-0.39, 0.29) is 33.1 Å². The van der Waals surface area contributed by atoms with Crippen LogP contribution < -0.4 is 10.7 Å². The van der Waals surface area contributed by atoms with Crippen LogP contribution in [0, 0.1) is 5.82 Å². The van der Waals surface area contributed by atoms with Gasteiger partial charge in [-0.1, -0.05) is 11.6 Å². The van der Waals surface area contributed by atoms with Crippen molar-refractivity contribution in [2.24, 2.45) is 0 Å². The number of pyridine rings is 1. The Morgan fingerprint density at radius 2 is 1.96 bits per heavy atom. The smallest absolute Gasteiger partial charge is 0.267 e. The molecule has 0 saturated heterocycles. The third kappa shape index (κ3) is 3.40. The van der Waals surface area contributed by atoms with Crippen molar-refractivity contribution < 1.29 is 9.18 Å².